The van der Waals surface area contributed by atoms with E-state index in [9.17, 15) is 0 Å². The monoisotopic (exact) mass is 300 g/mol. The first kappa shape index (κ1) is 8.97. The third-order valence-corrected chi connectivity index (χ3v) is 2.84. The third-order valence-electron chi connectivity index (χ3n) is 1.71. The molecule has 0 aliphatic carbocycles. The van der Waals surface area contributed by atoms with Crippen LogP contribution >= 0.6 is 31.9 Å². The number of imidazole rings is 1. The van der Waals surface area contributed by atoms with Crippen LogP contribution in [0.5, 0.6) is 0 Å². The minimum absolute atomic E-state index is 0.912. The van der Waals surface area contributed by atoms with Crippen molar-refractivity contribution in [1.82, 2.24) is 9.97 Å². The molecule has 0 bridgehead atoms. The molecule has 2 nitrogen and oxygen atoms in total. The highest BCUT2D eigenvalue weighted by atomic mass is 79.9. The number of aromatic nitrogens is 2. The molecule has 0 aliphatic rings. The molecule has 1 N–H and O–H groups in total. The molecule has 0 aliphatic heterocycles. The van der Waals surface area contributed by atoms with Gasteiger partial charge in [-0.15, -0.1) is 0 Å². The van der Waals surface area contributed by atoms with Crippen LogP contribution in [0.25, 0.3) is 11.3 Å². The summed E-state index contributed by atoms with van der Waals surface area (Å²) in [5.41, 5.74) is 2.03. The molecule has 0 spiro atoms. The van der Waals surface area contributed by atoms with E-state index >= 15 is 0 Å². The van der Waals surface area contributed by atoms with Crippen molar-refractivity contribution in [1.29, 1.82) is 0 Å². The second kappa shape index (κ2) is 3.64. The molecule has 1 heterocycles. The van der Waals surface area contributed by atoms with Crippen LogP contribution in [0.4, 0.5) is 0 Å². The minimum Gasteiger partial charge on any atom is -0.339 e. The zero-order valence-electron chi connectivity index (χ0n) is 6.59. The Hall–Kier alpha value is -0.610. The van der Waals surface area contributed by atoms with Crippen LogP contribution in [0.15, 0.2) is 39.7 Å². The van der Waals surface area contributed by atoms with Gasteiger partial charge < -0.3 is 4.98 Å². The highest BCUT2D eigenvalue weighted by molar-refractivity contribution is 9.10. The molecule has 4 heteroatoms. The number of benzene rings is 1. The Morgan fingerprint density at radius 1 is 1.08 bits per heavy atom. The van der Waals surface area contributed by atoms with E-state index in [1.54, 1.807) is 6.33 Å². The van der Waals surface area contributed by atoms with Crippen molar-refractivity contribution in [2.24, 2.45) is 0 Å². The zero-order valence-corrected chi connectivity index (χ0v) is 9.76. The van der Waals surface area contributed by atoms with Crippen LogP contribution in [0, 0.1) is 0 Å². The molecule has 0 atom stereocenters. The van der Waals surface area contributed by atoms with Crippen LogP contribution in [0.2, 0.25) is 0 Å². The molecule has 2 aromatic rings. The van der Waals surface area contributed by atoms with Gasteiger partial charge in [-0.05, 0) is 28.1 Å². The molecule has 0 radical (unpaired) electrons. The molecule has 0 saturated carbocycles. The number of hydrogen-bond acceptors (Lipinski definition) is 1. The van der Waals surface area contributed by atoms with Gasteiger partial charge in [-0.1, -0.05) is 28.1 Å². The van der Waals surface area contributed by atoms with Crippen molar-refractivity contribution in [2.75, 3.05) is 0 Å². The van der Waals surface area contributed by atoms with Crippen molar-refractivity contribution < 1.29 is 0 Å². The molecule has 0 saturated heterocycles. The quantitative estimate of drug-likeness (QED) is 0.856. The second-order valence-electron chi connectivity index (χ2n) is 2.57. The summed E-state index contributed by atoms with van der Waals surface area (Å²) in [7, 11) is 0. The molecule has 13 heavy (non-hydrogen) atoms. The smallest absolute Gasteiger partial charge is 0.110 e. The van der Waals surface area contributed by atoms with Crippen LogP contribution in [0.3, 0.4) is 0 Å². The first-order chi connectivity index (χ1) is 6.27. The summed E-state index contributed by atoms with van der Waals surface area (Å²) >= 11 is 6.78. The van der Waals surface area contributed by atoms with E-state index in [-0.39, 0.29) is 0 Å². The zero-order chi connectivity index (χ0) is 9.26. The Morgan fingerprint density at radius 3 is 2.31 bits per heavy atom. The van der Waals surface area contributed by atoms with E-state index in [4.69, 9.17) is 0 Å². The highest BCUT2D eigenvalue weighted by Gasteiger charge is 2.04. The minimum atomic E-state index is 0.912. The van der Waals surface area contributed by atoms with Gasteiger partial charge >= 0.3 is 0 Å². The van der Waals surface area contributed by atoms with Gasteiger partial charge in [0.25, 0.3) is 0 Å². The largest absolute Gasteiger partial charge is 0.339 e. The van der Waals surface area contributed by atoms with Crippen molar-refractivity contribution in [2.45, 2.75) is 0 Å². The van der Waals surface area contributed by atoms with E-state index in [2.05, 4.69) is 41.8 Å². The van der Waals surface area contributed by atoms with E-state index in [0.29, 0.717) is 0 Å². The topological polar surface area (TPSA) is 28.7 Å². The predicted molar refractivity (Wildman–Crippen MR) is 59.4 cm³/mol. The third kappa shape index (κ3) is 1.84. The lowest BCUT2D eigenvalue weighted by molar-refractivity contribution is 1.30. The maximum absolute atomic E-state index is 4.20. The molecule has 0 fully saturated rings. The molecular formula is C9H6Br2N2. The van der Waals surface area contributed by atoms with Crippen molar-refractivity contribution in [3.05, 3.63) is 39.7 Å². The maximum Gasteiger partial charge on any atom is 0.110 e. The van der Waals surface area contributed by atoms with E-state index in [0.717, 1.165) is 20.3 Å². The van der Waals surface area contributed by atoms with Crippen LogP contribution in [0.1, 0.15) is 0 Å². The van der Waals surface area contributed by atoms with E-state index in [1.807, 2.05) is 24.3 Å². The first-order valence-electron chi connectivity index (χ1n) is 3.72. The summed E-state index contributed by atoms with van der Waals surface area (Å²) in [6.45, 7) is 0. The molecule has 1 aromatic carbocycles. The van der Waals surface area contributed by atoms with Gasteiger partial charge in [0.05, 0.1) is 6.33 Å². The van der Waals surface area contributed by atoms with Gasteiger partial charge in [-0.3, -0.25) is 0 Å². The van der Waals surface area contributed by atoms with Gasteiger partial charge in [-0.25, -0.2) is 4.98 Å². The summed E-state index contributed by atoms with van der Waals surface area (Å²) in [4.78, 5) is 7.17. The number of H-pyrrole nitrogens is 1. The molecule has 2 rings (SSSR count). The maximum atomic E-state index is 4.20. The van der Waals surface area contributed by atoms with Gasteiger partial charge in [-0.2, -0.15) is 0 Å². The summed E-state index contributed by atoms with van der Waals surface area (Å²) in [5.74, 6) is 0. The molecule has 1 aromatic heterocycles. The lowest BCUT2D eigenvalue weighted by atomic mass is 10.2. The van der Waals surface area contributed by atoms with Gasteiger partial charge in [0.1, 0.15) is 10.3 Å². The van der Waals surface area contributed by atoms with Crippen molar-refractivity contribution >= 4 is 31.9 Å². The summed E-state index contributed by atoms with van der Waals surface area (Å²) < 4.78 is 1.98. The molecule has 0 unspecified atom stereocenters. The Balaban J connectivity index is 2.47. The fourth-order valence-electron chi connectivity index (χ4n) is 1.09. The number of nitrogens with zero attached hydrogens (tertiary/aromatic N) is 1. The van der Waals surface area contributed by atoms with Crippen molar-refractivity contribution in [3.63, 3.8) is 0 Å². The number of nitrogens with one attached hydrogen (secondary N) is 1. The molecule has 0 amide bonds. The average Bonchev–Trinajstić information content (AvgIpc) is 2.53. The van der Waals surface area contributed by atoms with Crippen molar-refractivity contribution in [3.8, 4) is 11.3 Å². The first-order valence-corrected chi connectivity index (χ1v) is 5.31. The SMILES string of the molecule is Brc1ccc(-c2nc[nH]c2Br)cc1. The summed E-state index contributed by atoms with van der Waals surface area (Å²) in [6.07, 6.45) is 1.67. The van der Waals surface area contributed by atoms with Gasteiger partial charge in [0.15, 0.2) is 0 Å². The fraction of sp³-hybridized carbons (Fsp3) is 0. The fourth-order valence-corrected chi connectivity index (χ4v) is 1.79. The molecule has 66 valence electrons. The lowest BCUT2D eigenvalue weighted by Crippen LogP contribution is -1.77. The Labute approximate surface area is 92.7 Å². The number of aromatic amines is 1. The number of hydrogen-bond donors (Lipinski definition) is 1. The van der Waals surface area contributed by atoms with Crippen LogP contribution in [-0.4, -0.2) is 9.97 Å². The number of halogens is 2. The normalized spacial score (nSPS) is 10.3. The molecular weight excluding hydrogens is 296 g/mol. The Bertz CT molecular complexity index is 406. The van der Waals surface area contributed by atoms with E-state index < -0.39 is 0 Å². The van der Waals surface area contributed by atoms with Gasteiger partial charge in [0.2, 0.25) is 0 Å². The summed E-state index contributed by atoms with van der Waals surface area (Å²) in [5, 5.41) is 0. The number of rotatable bonds is 1. The average molecular weight is 302 g/mol. The van der Waals surface area contributed by atoms with Crippen LogP contribution in [-0.2, 0) is 0 Å². The Kier molecular flexibility index (Phi) is 2.51. The second-order valence-corrected chi connectivity index (χ2v) is 4.28. The predicted octanol–water partition coefficient (Wildman–Crippen LogP) is 3.60. The standard InChI is InChI=1S/C9H6Br2N2/c10-7-3-1-6(2-4-7)8-9(11)13-5-12-8/h1-5H,(H,12,13). The summed E-state index contributed by atoms with van der Waals surface area (Å²) in [6, 6.07) is 8.03. The van der Waals surface area contributed by atoms with Gasteiger partial charge in [0, 0.05) is 10.0 Å². The van der Waals surface area contributed by atoms with E-state index in [1.165, 1.54) is 0 Å². The Morgan fingerprint density at radius 2 is 1.77 bits per heavy atom. The van der Waals surface area contributed by atoms with Crippen LogP contribution < -0.4 is 0 Å². The highest BCUT2D eigenvalue weighted by Crippen LogP contribution is 2.25. The lowest BCUT2D eigenvalue weighted by Gasteiger charge is -1.97.